The van der Waals surface area contributed by atoms with Crippen LogP contribution in [0, 0.1) is 11.8 Å². The van der Waals surface area contributed by atoms with Crippen LogP contribution in [-0.4, -0.2) is 39.7 Å². The maximum Gasteiger partial charge on any atom is 0.308 e. The van der Waals surface area contributed by atoms with Crippen LogP contribution in [0.4, 0.5) is 0 Å². The summed E-state index contributed by atoms with van der Waals surface area (Å²) in [5.41, 5.74) is 0. The molecule has 0 spiro atoms. The molecule has 1 aromatic rings. The SMILES string of the molecule is C[C@@H]1CN(C(=O)C2(Sc3ccccc3)CCCC2)C[C@H]1C(=O)O. The van der Waals surface area contributed by atoms with Gasteiger partial charge in [0.05, 0.1) is 10.7 Å². The van der Waals surface area contributed by atoms with Crippen molar-refractivity contribution >= 4 is 23.6 Å². The first-order chi connectivity index (χ1) is 11.0. The number of rotatable bonds is 4. The first kappa shape index (κ1) is 16.4. The number of thioether (sulfide) groups is 1. The van der Waals surface area contributed by atoms with E-state index < -0.39 is 16.6 Å². The Morgan fingerprint density at radius 2 is 1.83 bits per heavy atom. The van der Waals surface area contributed by atoms with Crippen molar-refractivity contribution in [1.29, 1.82) is 0 Å². The number of carbonyl (C=O) groups excluding carboxylic acids is 1. The van der Waals surface area contributed by atoms with E-state index in [9.17, 15) is 14.7 Å². The van der Waals surface area contributed by atoms with E-state index in [2.05, 4.69) is 0 Å². The lowest BCUT2D eigenvalue weighted by molar-refractivity contribution is -0.142. The highest BCUT2D eigenvalue weighted by Crippen LogP contribution is 2.47. The fourth-order valence-electron chi connectivity index (χ4n) is 3.76. The molecule has 0 unspecified atom stereocenters. The van der Waals surface area contributed by atoms with Crippen LogP contribution in [0.25, 0.3) is 0 Å². The molecule has 1 aliphatic carbocycles. The summed E-state index contributed by atoms with van der Waals surface area (Å²) < 4.78 is -0.408. The zero-order valence-electron chi connectivity index (χ0n) is 13.4. The molecule has 1 N–H and O–H groups in total. The van der Waals surface area contributed by atoms with Gasteiger partial charge in [-0.3, -0.25) is 9.59 Å². The van der Waals surface area contributed by atoms with Crippen LogP contribution in [0.15, 0.2) is 35.2 Å². The third kappa shape index (κ3) is 3.25. The number of benzene rings is 1. The summed E-state index contributed by atoms with van der Waals surface area (Å²) in [6.45, 7) is 2.84. The minimum atomic E-state index is -0.788. The molecule has 1 saturated carbocycles. The Hall–Kier alpha value is -1.49. The standard InChI is InChI=1S/C18H23NO3S/c1-13-11-19(12-15(13)16(20)21)17(22)18(9-5-6-10-18)23-14-7-3-2-4-8-14/h2-4,7-8,13,15H,5-6,9-12H2,1H3,(H,20,21)/t13-,15-/m1/s1. The van der Waals surface area contributed by atoms with Gasteiger partial charge >= 0.3 is 5.97 Å². The Labute approximate surface area is 141 Å². The summed E-state index contributed by atoms with van der Waals surface area (Å²) >= 11 is 1.67. The van der Waals surface area contributed by atoms with E-state index >= 15 is 0 Å². The van der Waals surface area contributed by atoms with Gasteiger partial charge in [-0.2, -0.15) is 0 Å². The minimum absolute atomic E-state index is 0.0247. The monoisotopic (exact) mass is 333 g/mol. The van der Waals surface area contributed by atoms with Crippen molar-refractivity contribution in [1.82, 2.24) is 4.90 Å². The fourth-order valence-corrected chi connectivity index (χ4v) is 5.22. The van der Waals surface area contributed by atoms with Gasteiger partial charge in [0.15, 0.2) is 0 Å². The minimum Gasteiger partial charge on any atom is -0.481 e. The highest BCUT2D eigenvalue weighted by Gasteiger charge is 2.48. The summed E-state index contributed by atoms with van der Waals surface area (Å²) in [4.78, 5) is 27.4. The van der Waals surface area contributed by atoms with Gasteiger partial charge in [0, 0.05) is 18.0 Å². The maximum atomic E-state index is 13.2. The Morgan fingerprint density at radius 1 is 1.17 bits per heavy atom. The zero-order chi connectivity index (χ0) is 16.4. The molecule has 1 amide bonds. The molecule has 0 bridgehead atoms. The summed E-state index contributed by atoms with van der Waals surface area (Å²) in [5.74, 6) is -1.06. The molecule has 23 heavy (non-hydrogen) atoms. The topological polar surface area (TPSA) is 57.6 Å². The van der Waals surface area contributed by atoms with Crippen LogP contribution in [0.3, 0.4) is 0 Å². The first-order valence-electron chi connectivity index (χ1n) is 8.28. The van der Waals surface area contributed by atoms with E-state index in [0.29, 0.717) is 13.1 Å². The molecule has 4 nitrogen and oxygen atoms in total. The number of nitrogens with zero attached hydrogens (tertiary/aromatic N) is 1. The second-order valence-electron chi connectivity index (χ2n) is 6.75. The quantitative estimate of drug-likeness (QED) is 0.919. The average molecular weight is 333 g/mol. The van der Waals surface area contributed by atoms with Crippen molar-refractivity contribution in [2.45, 2.75) is 42.2 Å². The number of amides is 1. The third-order valence-electron chi connectivity index (χ3n) is 5.07. The molecular formula is C18H23NO3S. The van der Waals surface area contributed by atoms with E-state index in [0.717, 1.165) is 30.6 Å². The van der Waals surface area contributed by atoms with Gasteiger partial charge in [-0.25, -0.2) is 0 Å². The molecule has 1 aliphatic heterocycles. The number of hydrogen-bond acceptors (Lipinski definition) is 3. The lowest BCUT2D eigenvalue weighted by Crippen LogP contribution is -2.44. The van der Waals surface area contributed by atoms with Crippen molar-refractivity contribution < 1.29 is 14.7 Å². The molecule has 2 atom stereocenters. The Morgan fingerprint density at radius 3 is 2.39 bits per heavy atom. The first-order valence-corrected chi connectivity index (χ1v) is 9.10. The van der Waals surface area contributed by atoms with Crippen molar-refractivity contribution in [3.05, 3.63) is 30.3 Å². The Bertz CT molecular complexity index is 583. The number of likely N-dealkylation sites (tertiary alicyclic amines) is 1. The molecule has 2 fully saturated rings. The molecule has 0 aromatic heterocycles. The number of aliphatic carboxylic acids is 1. The van der Waals surface area contributed by atoms with Crippen LogP contribution < -0.4 is 0 Å². The predicted molar refractivity (Wildman–Crippen MR) is 90.4 cm³/mol. The summed E-state index contributed by atoms with van der Waals surface area (Å²) in [7, 11) is 0. The number of hydrogen-bond donors (Lipinski definition) is 1. The van der Waals surface area contributed by atoms with Crippen molar-refractivity contribution in [2.24, 2.45) is 11.8 Å². The second-order valence-corrected chi connectivity index (χ2v) is 8.21. The summed E-state index contributed by atoms with van der Waals surface area (Å²) in [5, 5.41) is 9.30. The summed E-state index contributed by atoms with van der Waals surface area (Å²) in [6.07, 6.45) is 3.90. The zero-order valence-corrected chi connectivity index (χ0v) is 14.2. The predicted octanol–water partition coefficient (Wildman–Crippen LogP) is 3.27. The molecule has 1 heterocycles. The van der Waals surface area contributed by atoms with E-state index in [1.807, 2.05) is 37.3 Å². The van der Waals surface area contributed by atoms with E-state index in [1.165, 1.54) is 0 Å². The molecule has 5 heteroatoms. The largest absolute Gasteiger partial charge is 0.481 e. The van der Waals surface area contributed by atoms with Gasteiger partial charge in [0.25, 0.3) is 0 Å². The summed E-state index contributed by atoms with van der Waals surface area (Å²) in [6, 6.07) is 10.1. The fraction of sp³-hybridized carbons (Fsp3) is 0.556. The van der Waals surface area contributed by atoms with Gasteiger partial charge in [-0.15, -0.1) is 11.8 Å². The van der Waals surface area contributed by atoms with Crippen LogP contribution in [0.2, 0.25) is 0 Å². The highest BCUT2D eigenvalue weighted by atomic mass is 32.2. The molecule has 0 radical (unpaired) electrons. The molecule has 3 rings (SSSR count). The number of carboxylic acids is 1. The Kier molecular flexibility index (Phi) is 4.67. The number of carboxylic acid groups (broad SMARTS) is 1. The van der Waals surface area contributed by atoms with Gasteiger partial charge < -0.3 is 10.0 Å². The van der Waals surface area contributed by atoms with Gasteiger partial charge in [-0.05, 0) is 30.9 Å². The normalized spacial score (nSPS) is 26.4. The average Bonchev–Trinajstić information content (AvgIpc) is 3.15. The smallest absolute Gasteiger partial charge is 0.308 e. The van der Waals surface area contributed by atoms with Crippen LogP contribution in [-0.2, 0) is 9.59 Å². The highest BCUT2D eigenvalue weighted by molar-refractivity contribution is 8.01. The lowest BCUT2D eigenvalue weighted by atomic mass is 9.99. The molecule has 1 saturated heterocycles. The second kappa shape index (κ2) is 6.56. The van der Waals surface area contributed by atoms with Crippen molar-refractivity contribution in [3.8, 4) is 0 Å². The molecule has 2 aliphatic rings. The number of carbonyl (C=O) groups is 2. The van der Waals surface area contributed by atoms with Crippen molar-refractivity contribution in [2.75, 3.05) is 13.1 Å². The van der Waals surface area contributed by atoms with Gasteiger partial charge in [-0.1, -0.05) is 38.0 Å². The Balaban J connectivity index is 1.79. The van der Waals surface area contributed by atoms with Gasteiger partial charge in [0.1, 0.15) is 0 Å². The van der Waals surface area contributed by atoms with E-state index in [-0.39, 0.29) is 11.8 Å². The van der Waals surface area contributed by atoms with Crippen LogP contribution in [0.1, 0.15) is 32.6 Å². The molecular weight excluding hydrogens is 310 g/mol. The third-order valence-corrected chi connectivity index (χ3v) is 6.56. The van der Waals surface area contributed by atoms with Crippen LogP contribution >= 0.6 is 11.8 Å². The van der Waals surface area contributed by atoms with E-state index in [4.69, 9.17) is 0 Å². The maximum absolute atomic E-state index is 13.2. The molecule has 124 valence electrons. The van der Waals surface area contributed by atoms with Crippen LogP contribution in [0.5, 0.6) is 0 Å². The van der Waals surface area contributed by atoms with Gasteiger partial charge in [0.2, 0.25) is 5.91 Å². The molecule has 1 aromatic carbocycles. The van der Waals surface area contributed by atoms with Crippen molar-refractivity contribution in [3.63, 3.8) is 0 Å². The van der Waals surface area contributed by atoms with E-state index in [1.54, 1.807) is 16.7 Å². The lowest BCUT2D eigenvalue weighted by Gasteiger charge is -2.32.